The quantitative estimate of drug-likeness (QED) is 0.745. The van der Waals surface area contributed by atoms with Crippen molar-refractivity contribution in [2.75, 3.05) is 11.9 Å². The van der Waals surface area contributed by atoms with Crippen molar-refractivity contribution in [1.82, 2.24) is 0 Å². The Kier molecular flexibility index (Phi) is 4.66. The van der Waals surface area contributed by atoms with Gasteiger partial charge in [-0.25, -0.2) is 17.9 Å². The molecule has 0 amide bonds. The van der Waals surface area contributed by atoms with Crippen molar-refractivity contribution in [3.05, 3.63) is 24.0 Å². The van der Waals surface area contributed by atoms with Crippen molar-refractivity contribution in [2.45, 2.75) is 24.8 Å². The van der Waals surface area contributed by atoms with E-state index in [1.165, 1.54) is 12.1 Å². The maximum atomic E-state index is 13.7. The Bertz CT molecular complexity index is 517. The van der Waals surface area contributed by atoms with Crippen LogP contribution in [0.15, 0.2) is 23.1 Å². The number of nitrogens with one attached hydrogen (secondary N) is 1. The molecule has 0 aliphatic heterocycles. The van der Waals surface area contributed by atoms with Gasteiger partial charge in [0.1, 0.15) is 5.82 Å². The number of nitrogens with two attached hydrogens (primary N) is 1. The Hall–Kier alpha value is -1.18. The van der Waals surface area contributed by atoms with Gasteiger partial charge < -0.3 is 10.4 Å². The Morgan fingerprint density at radius 2 is 2.06 bits per heavy atom. The average molecular weight is 276 g/mol. The van der Waals surface area contributed by atoms with Gasteiger partial charge in [-0.3, -0.25) is 0 Å². The molecule has 0 heterocycles. The molecule has 18 heavy (non-hydrogen) atoms. The molecule has 1 rings (SSSR count). The van der Waals surface area contributed by atoms with Gasteiger partial charge in [0.15, 0.2) is 0 Å². The zero-order chi connectivity index (χ0) is 13.9. The maximum absolute atomic E-state index is 13.7. The lowest BCUT2D eigenvalue weighted by molar-refractivity contribution is 0.249. The Labute approximate surface area is 106 Å². The van der Waals surface area contributed by atoms with Crippen LogP contribution in [0.25, 0.3) is 0 Å². The highest BCUT2D eigenvalue weighted by Gasteiger charge is 2.16. The number of rotatable bonds is 5. The van der Waals surface area contributed by atoms with Gasteiger partial charge in [-0.15, -0.1) is 0 Å². The summed E-state index contributed by atoms with van der Waals surface area (Å²) in [4.78, 5) is -0.282. The van der Waals surface area contributed by atoms with Crippen LogP contribution in [-0.4, -0.2) is 26.2 Å². The molecular weight excluding hydrogens is 259 g/mol. The van der Waals surface area contributed by atoms with E-state index in [4.69, 9.17) is 10.2 Å². The van der Waals surface area contributed by atoms with Gasteiger partial charge in [-0.1, -0.05) is 13.8 Å². The van der Waals surface area contributed by atoms with Crippen LogP contribution in [0.5, 0.6) is 0 Å². The lowest BCUT2D eigenvalue weighted by Gasteiger charge is -2.21. The highest BCUT2D eigenvalue weighted by molar-refractivity contribution is 7.89. The van der Waals surface area contributed by atoms with Crippen LogP contribution < -0.4 is 10.5 Å². The molecule has 0 aromatic heterocycles. The number of benzene rings is 1. The Morgan fingerprint density at radius 3 is 2.44 bits per heavy atom. The number of anilines is 1. The van der Waals surface area contributed by atoms with E-state index >= 15 is 0 Å². The lowest BCUT2D eigenvalue weighted by Crippen LogP contribution is -2.29. The van der Waals surface area contributed by atoms with Gasteiger partial charge in [0.2, 0.25) is 10.0 Å². The monoisotopic (exact) mass is 276 g/mol. The minimum atomic E-state index is -3.91. The molecule has 1 unspecified atom stereocenters. The summed E-state index contributed by atoms with van der Waals surface area (Å²) in [6.45, 7) is 3.61. The van der Waals surface area contributed by atoms with E-state index in [2.05, 4.69) is 5.32 Å². The first-order chi connectivity index (χ1) is 8.25. The minimum absolute atomic E-state index is 0.104. The molecule has 4 N–H and O–H groups in total. The van der Waals surface area contributed by atoms with Gasteiger partial charge >= 0.3 is 0 Å². The Balaban J connectivity index is 3.00. The van der Waals surface area contributed by atoms with E-state index in [9.17, 15) is 12.8 Å². The third-order valence-corrected chi connectivity index (χ3v) is 3.52. The molecule has 0 spiro atoms. The van der Waals surface area contributed by atoms with Crippen molar-refractivity contribution in [1.29, 1.82) is 0 Å². The average Bonchev–Trinajstić information content (AvgIpc) is 2.25. The van der Waals surface area contributed by atoms with Gasteiger partial charge in [0.05, 0.1) is 23.2 Å². The number of hydrogen-bond acceptors (Lipinski definition) is 4. The fourth-order valence-electron chi connectivity index (χ4n) is 1.41. The molecule has 0 fully saturated rings. The first kappa shape index (κ1) is 14.9. The molecule has 0 aliphatic rings. The summed E-state index contributed by atoms with van der Waals surface area (Å²) in [6.07, 6.45) is 0. The molecule has 102 valence electrons. The number of aliphatic hydroxyl groups is 1. The van der Waals surface area contributed by atoms with Crippen molar-refractivity contribution in [3.63, 3.8) is 0 Å². The fourth-order valence-corrected chi connectivity index (χ4v) is 1.94. The summed E-state index contributed by atoms with van der Waals surface area (Å²) in [5.41, 5.74) is 0.134. The number of halogens is 1. The largest absolute Gasteiger partial charge is 0.394 e. The number of sulfonamides is 1. The van der Waals surface area contributed by atoms with E-state index in [1.807, 2.05) is 13.8 Å². The van der Waals surface area contributed by atoms with Gasteiger partial charge in [-0.05, 0) is 24.1 Å². The molecule has 0 aliphatic carbocycles. The summed E-state index contributed by atoms with van der Waals surface area (Å²) in [6, 6.07) is 3.06. The van der Waals surface area contributed by atoms with Crippen LogP contribution in [0.1, 0.15) is 13.8 Å². The number of primary sulfonamides is 1. The third-order valence-electron chi connectivity index (χ3n) is 2.61. The second kappa shape index (κ2) is 5.64. The maximum Gasteiger partial charge on any atom is 0.238 e. The van der Waals surface area contributed by atoms with Crippen molar-refractivity contribution in [3.8, 4) is 0 Å². The third kappa shape index (κ3) is 3.66. The summed E-state index contributed by atoms with van der Waals surface area (Å²) in [7, 11) is -3.91. The summed E-state index contributed by atoms with van der Waals surface area (Å²) in [5.74, 6) is -0.618. The molecule has 0 bridgehead atoms. The summed E-state index contributed by atoms with van der Waals surface area (Å²) in [5, 5.41) is 16.8. The zero-order valence-electron chi connectivity index (χ0n) is 10.2. The van der Waals surface area contributed by atoms with E-state index in [1.54, 1.807) is 0 Å². The van der Waals surface area contributed by atoms with E-state index in [0.29, 0.717) is 0 Å². The molecule has 7 heteroatoms. The van der Waals surface area contributed by atoms with Crippen LogP contribution in [0.2, 0.25) is 0 Å². The molecule has 1 aromatic rings. The molecule has 0 saturated heterocycles. The summed E-state index contributed by atoms with van der Waals surface area (Å²) < 4.78 is 35.7. The normalized spacial score (nSPS) is 13.7. The number of hydrogen-bond donors (Lipinski definition) is 3. The minimum Gasteiger partial charge on any atom is -0.394 e. The highest BCUT2D eigenvalue weighted by atomic mass is 32.2. The van der Waals surface area contributed by atoms with Gasteiger partial charge in [0, 0.05) is 0 Å². The van der Waals surface area contributed by atoms with Gasteiger partial charge in [0.25, 0.3) is 0 Å². The van der Waals surface area contributed by atoms with Crippen molar-refractivity contribution >= 4 is 15.7 Å². The molecule has 0 radical (unpaired) electrons. The SMILES string of the molecule is CC(C)C(CO)Nc1ccc(S(N)(=O)=O)cc1F. The van der Waals surface area contributed by atoms with E-state index in [-0.39, 0.29) is 29.1 Å². The fraction of sp³-hybridized carbons (Fsp3) is 0.455. The number of aliphatic hydroxyl groups excluding tert-OH is 1. The summed E-state index contributed by atoms with van der Waals surface area (Å²) >= 11 is 0. The van der Waals surface area contributed by atoms with Crippen LogP contribution in [0, 0.1) is 11.7 Å². The topological polar surface area (TPSA) is 92.4 Å². The first-order valence-electron chi connectivity index (χ1n) is 5.45. The standard InChI is InChI=1S/C11H17FN2O3S/c1-7(2)11(6-15)14-10-4-3-8(5-9(10)12)18(13,16)17/h3-5,7,11,14-15H,6H2,1-2H3,(H2,13,16,17). The Morgan fingerprint density at radius 1 is 1.44 bits per heavy atom. The second-order valence-electron chi connectivity index (χ2n) is 4.36. The van der Waals surface area contributed by atoms with Crippen molar-refractivity contribution < 1.29 is 17.9 Å². The molecule has 5 nitrogen and oxygen atoms in total. The predicted molar refractivity (Wildman–Crippen MR) is 67.1 cm³/mol. The molecule has 1 aromatic carbocycles. The first-order valence-corrected chi connectivity index (χ1v) is 7.00. The second-order valence-corrected chi connectivity index (χ2v) is 5.93. The van der Waals surface area contributed by atoms with Crippen molar-refractivity contribution in [2.24, 2.45) is 11.1 Å². The molecule has 1 atom stereocenters. The highest BCUT2D eigenvalue weighted by Crippen LogP contribution is 2.20. The van der Waals surface area contributed by atoms with E-state index < -0.39 is 15.8 Å². The zero-order valence-corrected chi connectivity index (χ0v) is 11.0. The lowest BCUT2D eigenvalue weighted by atomic mass is 10.1. The molecule has 0 saturated carbocycles. The van der Waals surface area contributed by atoms with Crippen LogP contribution >= 0.6 is 0 Å². The molecular formula is C11H17FN2O3S. The van der Waals surface area contributed by atoms with Gasteiger partial charge in [-0.2, -0.15) is 0 Å². The van der Waals surface area contributed by atoms with Crippen LogP contribution in [-0.2, 0) is 10.0 Å². The van der Waals surface area contributed by atoms with Crippen LogP contribution in [0.4, 0.5) is 10.1 Å². The smallest absolute Gasteiger partial charge is 0.238 e. The van der Waals surface area contributed by atoms with E-state index in [0.717, 1.165) is 6.07 Å². The predicted octanol–water partition coefficient (Wildman–Crippen LogP) is 0.902. The van der Waals surface area contributed by atoms with Crippen LogP contribution in [0.3, 0.4) is 0 Å².